The van der Waals surface area contributed by atoms with Crippen molar-refractivity contribution in [3.8, 4) is 0 Å². The Labute approximate surface area is 155 Å². The van der Waals surface area contributed by atoms with E-state index in [0.29, 0.717) is 25.2 Å². The number of aromatic amines is 1. The van der Waals surface area contributed by atoms with Gasteiger partial charge < -0.3 is 14.5 Å². The average Bonchev–Trinajstić information content (AvgIpc) is 3.02. The molecule has 1 aromatic rings. The molecule has 1 N–H and O–H groups in total. The first kappa shape index (κ1) is 18.7. The maximum absolute atomic E-state index is 13.1. The van der Waals surface area contributed by atoms with Crippen LogP contribution in [0, 0.1) is 0 Å². The maximum Gasteiger partial charge on any atom is 0.410 e. The van der Waals surface area contributed by atoms with E-state index in [1.54, 1.807) is 4.90 Å². The van der Waals surface area contributed by atoms with E-state index < -0.39 is 5.60 Å². The molecule has 2 amide bonds. The summed E-state index contributed by atoms with van der Waals surface area (Å²) in [7, 11) is 0. The highest BCUT2D eigenvalue weighted by molar-refractivity contribution is 5.94. The van der Waals surface area contributed by atoms with Gasteiger partial charge in [-0.2, -0.15) is 5.10 Å². The Morgan fingerprint density at radius 3 is 2.73 bits per heavy atom. The summed E-state index contributed by atoms with van der Waals surface area (Å²) in [5.74, 6) is -0.0138. The molecule has 0 aromatic carbocycles. The Kier molecular flexibility index (Phi) is 5.25. The number of rotatable bonds is 2. The summed E-state index contributed by atoms with van der Waals surface area (Å²) >= 11 is 0. The zero-order valence-corrected chi connectivity index (χ0v) is 16.3. The number of nitrogens with one attached hydrogen (secondary N) is 1. The van der Waals surface area contributed by atoms with Crippen LogP contribution < -0.4 is 0 Å². The minimum absolute atomic E-state index is 0.0138. The van der Waals surface area contributed by atoms with Gasteiger partial charge in [0.05, 0.1) is 6.54 Å². The SMILES string of the molecule is CCC1CCCCN1C(=O)c1n[nH]c2c1CN(C(=O)OC(C)(C)C)CC2. The number of hydrogen-bond donors (Lipinski definition) is 1. The summed E-state index contributed by atoms with van der Waals surface area (Å²) in [5.41, 5.74) is 1.73. The molecule has 1 unspecified atom stereocenters. The van der Waals surface area contributed by atoms with Crippen molar-refractivity contribution in [2.75, 3.05) is 13.1 Å². The Morgan fingerprint density at radius 1 is 1.27 bits per heavy atom. The molecular formula is C19H30N4O3. The van der Waals surface area contributed by atoms with E-state index in [-0.39, 0.29) is 18.0 Å². The van der Waals surface area contributed by atoms with Crippen molar-refractivity contribution in [3.05, 3.63) is 17.0 Å². The topological polar surface area (TPSA) is 78.5 Å². The smallest absolute Gasteiger partial charge is 0.410 e. The van der Waals surface area contributed by atoms with Crippen LogP contribution in [0.1, 0.15) is 75.1 Å². The molecular weight excluding hydrogens is 332 g/mol. The Balaban J connectivity index is 1.78. The molecule has 1 atom stereocenters. The molecule has 7 heteroatoms. The molecule has 1 saturated heterocycles. The van der Waals surface area contributed by atoms with Crippen LogP contribution >= 0.6 is 0 Å². The normalized spacial score (nSPS) is 20.7. The summed E-state index contributed by atoms with van der Waals surface area (Å²) in [6.07, 6.45) is 4.55. The van der Waals surface area contributed by atoms with E-state index in [2.05, 4.69) is 17.1 Å². The van der Waals surface area contributed by atoms with Crippen molar-refractivity contribution < 1.29 is 14.3 Å². The van der Waals surface area contributed by atoms with Gasteiger partial charge in [-0.3, -0.25) is 9.89 Å². The van der Waals surface area contributed by atoms with Gasteiger partial charge in [0, 0.05) is 36.8 Å². The average molecular weight is 362 g/mol. The molecule has 26 heavy (non-hydrogen) atoms. The third kappa shape index (κ3) is 3.86. The summed E-state index contributed by atoms with van der Waals surface area (Å²) in [5, 5.41) is 7.33. The predicted molar refractivity (Wildman–Crippen MR) is 97.9 cm³/mol. The van der Waals surface area contributed by atoms with E-state index in [1.807, 2.05) is 25.7 Å². The molecule has 0 radical (unpaired) electrons. The van der Waals surface area contributed by atoms with Crippen LogP contribution in [0.25, 0.3) is 0 Å². The lowest BCUT2D eigenvalue weighted by molar-refractivity contribution is 0.0221. The molecule has 1 fully saturated rings. The zero-order valence-electron chi connectivity index (χ0n) is 16.3. The lowest BCUT2D eigenvalue weighted by atomic mass is 9.98. The van der Waals surface area contributed by atoms with Crippen LogP contribution in [0.15, 0.2) is 0 Å². The molecule has 0 spiro atoms. The largest absolute Gasteiger partial charge is 0.444 e. The number of piperidine rings is 1. The number of carbonyl (C=O) groups excluding carboxylic acids is 2. The highest BCUT2D eigenvalue weighted by Crippen LogP contribution is 2.26. The summed E-state index contributed by atoms with van der Waals surface area (Å²) in [6, 6.07) is 0.286. The van der Waals surface area contributed by atoms with Crippen LogP contribution in [0.2, 0.25) is 0 Å². The summed E-state index contributed by atoms with van der Waals surface area (Å²) in [6.45, 7) is 9.41. The van der Waals surface area contributed by atoms with E-state index in [1.165, 1.54) is 6.42 Å². The molecule has 0 bridgehead atoms. The highest BCUT2D eigenvalue weighted by Gasteiger charge is 2.34. The number of carbonyl (C=O) groups is 2. The van der Waals surface area contributed by atoms with Gasteiger partial charge in [-0.15, -0.1) is 0 Å². The molecule has 2 aliphatic heterocycles. The molecule has 3 heterocycles. The molecule has 7 nitrogen and oxygen atoms in total. The van der Waals surface area contributed by atoms with Crippen molar-refractivity contribution in [3.63, 3.8) is 0 Å². The Bertz CT molecular complexity index is 677. The third-order valence-electron chi connectivity index (χ3n) is 5.15. The fraction of sp³-hybridized carbons (Fsp3) is 0.737. The molecule has 3 rings (SSSR count). The third-order valence-corrected chi connectivity index (χ3v) is 5.15. The number of H-pyrrole nitrogens is 1. The lowest BCUT2D eigenvalue weighted by Crippen LogP contribution is -2.44. The molecule has 2 aliphatic rings. The number of amides is 2. The summed E-state index contributed by atoms with van der Waals surface area (Å²) < 4.78 is 5.48. The second-order valence-corrected chi connectivity index (χ2v) is 8.24. The lowest BCUT2D eigenvalue weighted by Gasteiger charge is -2.35. The molecule has 1 aromatic heterocycles. The first-order valence-electron chi connectivity index (χ1n) is 9.65. The second kappa shape index (κ2) is 7.29. The fourth-order valence-corrected chi connectivity index (χ4v) is 3.78. The predicted octanol–water partition coefficient (Wildman–Crippen LogP) is 3.11. The molecule has 144 valence electrons. The number of fused-ring (bicyclic) bond motifs is 1. The second-order valence-electron chi connectivity index (χ2n) is 8.24. The van der Waals surface area contributed by atoms with Gasteiger partial charge >= 0.3 is 6.09 Å². The van der Waals surface area contributed by atoms with E-state index in [9.17, 15) is 9.59 Å². The minimum Gasteiger partial charge on any atom is -0.444 e. The highest BCUT2D eigenvalue weighted by atomic mass is 16.6. The van der Waals surface area contributed by atoms with Crippen molar-refractivity contribution >= 4 is 12.0 Å². The van der Waals surface area contributed by atoms with Gasteiger partial charge in [-0.1, -0.05) is 6.92 Å². The van der Waals surface area contributed by atoms with Crippen LogP contribution in [0.5, 0.6) is 0 Å². The number of ether oxygens (including phenoxy) is 1. The van der Waals surface area contributed by atoms with E-state index in [0.717, 1.165) is 37.1 Å². The number of hydrogen-bond acceptors (Lipinski definition) is 4. The molecule has 0 aliphatic carbocycles. The van der Waals surface area contributed by atoms with Gasteiger partial charge in [-0.25, -0.2) is 4.79 Å². The molecule has 0 saturated carbocycles. The van der Waals surface area contributed by atoms with E-state index >= 15 is 0 Å². The number of likely N-dealkylation sites (tertiary alicyclic amines) is 1. The monoisotopic (exact) mass is 362 g/mol. The van der Waals surface area contributed by atoms with Crippen molar-refractivity contribution in [2.45, 2.75) is 78.0 Å². The van der Waals surface area contributed by atoms with Crippen molar-refractivity contribution in [1.29, 1.82) is 0 Å². The van der Waals surface area contributed by atoms with Crippen LogP contribution in [0.3, 0.4) is 0 Å². The van der Waals surface area contributed by atoms with Gasteiger partial charge in [-0.05, 0) is 46.5 Å². The van der Waals surface area contributed by atoms with Gasteiger partial charge in [0.1, 0.15) is 5.60 Å². The van der Waals surface area contributed by atoms with Crippen molar-refractivity contribution in [2.24, 2.45) is 0 Å². The first-order chi connectivity index (χ1) is 12.3. The number of nitrogens with zero attached hydrogens (tertiary/aromatic N) is 3. The van der Waals surface area contributed by atoms with Crippen LogP contribution in [0.4, 0.5) is 4.79 Å². The van der Waals surface area contributed by atoms with Crippen molar-refractivity contribution in [1.82, 2.24) is 20.0 Å². The Morgan fingerprint density at radius 2 is 2.04 bits per heavy atom. The van der Waals surface area contributed by atoms with Crippen LogP contribution in [-0.2, 0) is 17.7 Å². The quantitative estimate of drug-likeness (QED) is 0.877. The first-order valence-corrected chi connectivity index (χ1v) is 9.65. The summed E-state index contributed by atoms with van der Waals surface area (Å²) in [4.78, 5) is 29.1. The zero-order chi connectivity index (χ0) is 18.9. The van der Waals surface area contributed by atoms with Crippen LogP contribution in [-0.4, -0.2) is 56.7 Å². The van der Waals surface area contributed by atoms with E-state index in [4.69, 9.17) is 4.74 Å². The van der Waals surface area contributed by atoms with Gasteiger partial charge in [0.2, 0.25) is 0 Å². The van der Waals surface area contributed by atoms with Gasteiger partial charge in [0.15, 0.2) is 5.69 Å². The Hall–Kier alpha value is -2.05. The minimum atomic E-state index is -0.533. The number of aromatic nitrogens is 2. The maximum atomic E-state index is 13.1. The van der Waals surface area contributed by atoms with Gasteiger partial charge in [0.25, 0.3) is 5.91 Å². The standard InChI is InChI=1S/C19H30N4O3/c1-5-13-8-6-7-10-23(13)17(24)16-14-12-22(11-9-15(14)20-21-16)18(25)26-19(2,3)4/h13H,5-12H2,1-4H3,(H,20,21). The fourth-order valence-electron chi connectivity index (χ4n) is 3.78.